The molecule has 26 heavy (non-hydrogen) atoms. The van der Waals surface area contributed by atoms with Gasteiger partial charge in [0, 0.05) is 25.5 Å². The number of anilines is 2. The van der Waals surface area contributed by atoms with E-state index in [4.69, 9.17) is 9.47 Å². The van der Waals surface area contributed by atoms with Crippen LogP contribution in [0, 0.1) is 0 Å². The molecule has 1 saturated heterocycles. The third-order valence-electron chi connectivity index (χ3n) is 4.36. The fraction of sp³-hybridized carbons (Fsp3) is 0.263. The molecule has 0 saturated carbocycles. The van der Waals surface area contributed by atoms with Crippen LogP contribution in [0.1, 0.15) is 10.4 Å². The van der Waals surface area contributed by atoms with Crippen LogP contribution >= 0.6 is 0 Å². The fourth-order valence-corrected chi connectivity index (χ4v) is 3.10. The van der Waals surface area contributed by atoms with Crippen molar-refractivity contribution in [1.29, 1.82) is 0 Å². The molecular weight excluding hydrogens is 332 g/mol. The zero-order chi connectivity index (χ0) is 17.8. The summed E-state index contributed by atoms with van der Waals surface area (Å²) in [6.45, 7) is 2.92. The van der Waals surface area contributed by atoms with Crippen molar-refractivity contribution in [2.24, 2.45) is 0 Å². The number of para-hydroxylation sites is 1. The van der Waals surface area contributed by atoms with E-state index in [2.05, 4.69) is 15.2 Å². The second-order valence-corrected chi connectivity index (χ2v) is 6.02. The molecule has 1 fully saturated rings. The Kier molecular flexibility index (Phi) is 4.81. The minimum atomic E-state index is -0.272. The van der Waals surface area contributed by atoms with Gasteiger partial charge >= 0.3 is 0 Å². The molecule has 0 bridgehead atoms. The number of pyridine rings is 1. The van der Waals surface area contributed by atoms with Crippen molar-refractivity contribution in [1.82, 2.24) is 9.88 Å². The number of carbonyl (C=O) groups is 1. The summed E-state index contributed by atoms with van der Waals surface area (Å²) in [7, 11) is 0. The SMILES string of the molecule is O=C(Nc1cccnc1)c1ccccc1N1C=COC1N1CCOCC1. The van der Waals surface area contributed by atoms with Gasteiger partial charge in [-0.15, -0.1) is 0 Å². The summed E-state index contributed by atoms with van der Waals surface area (Å²) in [4.78, 5) is 21.0. The number of nitrogens with zero attached hydrogens (tertiary/aromatic N) is 3. The largest absolute Gasteiger partial charge is 0.463 e. The van der Waals surface area contributed by atoms with Gasteiger partial charge in [-0.2, -0.15) is 0 Å². The van der Waals surface area contributed by atoms with Crippen LogP contribution in [0.4, 0.5) is 11.4 Å². The lowest BCUT2D eigenvalue weighted by Gasteiger charge is -2.36. The highest BCUT2D eigenvalue weighted by Crippen LogP contribution is 2.29. The molecule has 1 unspecified atom stereocenters. The molecule has 2 aliphatic rings. The number of carbonyl (C=O) groups excluding carboxylic acids is 1. The van der Waals surface area contributed by atoms with E-state index in [9.17, 15) is 4.79 Å². The van der Waals surface area contributed by atoms with Crippen molar-refractivity contribution < 1.29 is 14.3 Å². The minimum Gasteiger partial charge on any atom is -0.463 e. The Hall–Kier alpha value is -2.90. The van der Waals surface area contributed by atoms with Crippen LogP contribution in [0.25, 0.3) is 0 Å². The number of aromatic nitrogens is 1. The van der Waals surface area contributed by atoms with E-state index < -0.39 is 0 Å². The van der Waals surface area contributed by atoms with Gasteiger partial charge in [0.15, 0.2) is 0 Å². The number of nitrogens with one attached hydrogen (secondary N) is 1. The molecule has 1 atom stereocenters. The number of hydrogen-bond acceptors (Lipinski definition) is 6. The first-order chi connectivity index (χ1) is 12.8. The zero-order valence-corrected chi connectivity index (χ0v) is 14.2. The molecule has 4 rings (SSSR count). The molecule has 0 spiro atoms. The summed E-state index contributed by atoms with van der Waals surface area (Å²) in [5.74, 6) is -0.186. The van der Waals surface area contributed by atoms with E-state index in [1.54, 1.807) is 24.7 Å². The Balaban J connectivity index is 1.58. The predicted molar refractivity (Wildman–Crippen MR) is 97.5 cm³/mol. The first-order valence-electron chi connectivity index (χ1n) is 8.55. The summed E-state index contributed by atoms with van der Waals surface area (Å²) in [5, 5.41) is 2.89. The van der Waals surface area contributed by atoms with E-state index in [-0.39, 0.29) is 12.3 Å². The van der Waals surface area contributed by atoms with E-state index in [1.807, 2.05) is 41.4 Å². The maximum atomic E-state index is 12.8. The number of rotatable bonds is 4. The highest BCUT2D eigenvalue weighted by molar-refractivity contribution is 6.08. The number of amides is 1. The van der Waals surface area contributed by atoms with E-state index in [0.29, 0.717) is 24.5 Å². The van der Waals surface area contributed by atoms with Gasteiger partial charge in [-0.1, -0.05) is 12.1 Å². The van der Waals surface area contributed by atoms with Crippen LogP contribution in [-0.2, 0) is 9.47 Å². The van der Waals surface area contributed by atoms with E-state index >= 15 is 0 Å². The zero-order valence-electron chi connectivity index (χ0n) is 14.2. The molecule has 1 amide bonds. The second-order valence-electron chi connectivity index (χ2n) is 6.02. The summed E-state index contributed by atoms with van der Waals surface area (Å²) < 4.78 is 11.2. The number of morpholine rings is 1. The molecule has 7 nitrogen and oxygen atoms in total. The Labute approximate surface area is 151 Å². The predicted octanol–water partition coefficient (Wildman–Crippen LogP) is 2.26. The van der Waals surface area contributed by atoms with E-state index in [1.165, 1.54) is 0 Å². The summed E-state index contributed by atoms with van der Waals surface area (Å²) in [6.07, 6.45) is 6.54. The van der Waals surface area contributed by atoms with Crippen molar-refractivity contribution in [3.63, 3.8) is 0 Å². The Morgan fingerprint density at radius 3 is 2.81 bits per heavy atom. The molecule has 2 aromatic rings. The highest BCUT2D eigenvalue weighted by Gasteiger charge is 2.32. The van der Waals surface area contributed by atoms with Gasteiger partial charge in [0.1, 0.15) is 6.26 Å². The van der Waals surface area contributed by atoms with Crippen LogP contribution in [-0.4, -0.2) is 48.4 Å². The van der Waals surface area contributed by atoms with Gasteiger partial charge in [-0.3, -0.25) is 14.7 Å². The summed E-state index contributed by atoms with van der Waals surface area (Å²) in [6, 6.07) is 11.1. The molecule has 0 aliphatic carbocycles. The molecule has 134 valence electrons. The van der Waals surface area contributed by atoms with Crippen LogP contribution in [0.3, 0.4) is 0 Å². The van der Waals surface area contributed by atoms with Crippen LogP contribution in [0.5, 0.6) is 0 Å². The van der Waals surface area contributed by atoms with Crippen LogP contribution < -0.4 is 10.2 Å². The minimum absolute atomic E-state index is 0.186. The topological polar surface area (TPSA) is 66.9 Å². The molecule has 7 heteroatoms. The maximum absolute atomic E-state index is 12.8. The van der Waals surface area contributed by atoms with Crippen molar-refractivity contribution >= 4 is 17.3 Å². The maximum Gasteiger partial charge on any atom is 0.257 e. The number of benzene rings is 1. The molecule has 2 aliphatic heterocycles. The number of hydrogen-bond donors (Lipinski definition) is 1. The second kappa shape index (κ2) is 7.55. The lowest BCUT2D eigenvalue weighted by molar-refractivity contribution is -0.0528. The molecule has 3 heterocycles. The Bertz CT molecular complexity index is 790. The van der Waals surface area contributed by atoms with Crippen molar-refractivity contribution in [2.45, 2.75) is 6.35 Å². The quantitative estimate of drug-likeness (QED) is 0.910. The molecular formula is C19H20N4O3. The van der Waals surface area contributed by atoms with Gasteiger partial charge in [0.2, 0.25) is 6.35 Å². The van der Waals surface area contributed by atoms with Gasteiger partial charge in [0.25, 0.3) is 5.91 Å². The van der Waals surface area contributed by atoms with Gasteiger partial charge < -0.3 is 14.8 Å². The molecule has 1 N–H and O–H groups in total. The first kappa shape index (κ1) is 16.6. The fourth-order valence-electron chi connectivity index (χ4n) is 3.10. The third-order valence-corrected chi connectivity index (χ3v) is 4.36. The smallest absolute Gasteiger partial charge is 0.257 e. The molecule has 0 radical (unpaired) electrons. The summed E-state index contributed by atoms with van der Waals surface area (Å²) in [5.41, 5.74) is 2.02. The lowest BCUT2D eigenvalue weighted by atomic mass is 10.1. The number of ether oxygens (including phenoxy) is 2. The van der Waals surface area contributed by atoms with Crippen molar-refractivity contribution in [3.8, 4) is 0 Å². The Morgan fingerprint density at radius 1 is 1.15 bits per heavy atom. The standard InChI is InChI=1S/C19H20N4O3/c24-18(21-15-4-3-7-20-14-15)16-5-1-2-6-17(16)23-10-13-26-19(23)22-8-11-25-12-9-22/h1-7,10,13-14,19H,8-9,11-12H2,(H,21,24). The average Bonchev–Trinajstić information content (AvgIpc) is 3.19. The van der Waals surface area contributed by atoms with Crippen LogP contribution in [0.15, 0.2) is 61.3 Å². The van der Waals surface area contributed by atoms with Gasteiger partial charge in [-0.25, -0.2) is 4.90 Å². The van der Waals surface area contributed by atoms with Gasteiger partial charge in [-0.05, 0) is 24.3 Å². The first-order valence-corrected chi connectivity index (χ1v) is 8.55. The van der Waals surface area contributed by atoms with Crippen molar-refractivity contribution in [2.75, 3.05) is 36.5 Å². The van der Waals surface area contributed by atoms with E-state index in [0.717, 1.165) is 18.8 Å². The monoisotopic (exact) mass is 352 g/mol. The molecule has 1 aromatic carbocycles. The third kappa shape index (κ3) is 3.40. The normalized spacial score (nSPS) is 20.0. The van der Waals surface area contributed by atoms with Crippen LogP contribution in [0.2, 0.25) is 0 Å². The van der Waals surface area contributed by atoms with Gasteiger partial charge in [0.05, 0.1) is 36.3 Å². The lowest BCUT2D eigenvalue weighted by Crippen LogP contribution is -2.50. The highest BCUT2D eigenvalue weighted by atomic mass is 16.5. The Morgan fingerprint density at radius 2 is 2.00 bits per heavy atom. The van der Waals surface area contributed by atoms with Crippen molar-refractivity contribution in [3.05, 3.63) is 66.8 Å². The molecule has 1 aromatic heterocycles. The summed E-state index contributed by atoms with van der Waals surface area (Å²) >= 11 is 0. The average molecular weight is 352 g/mol.